The fourth-order valence-corrected chi connectivity index (χ4v) is 3.46. The van der Waals surface area contributed by atoms with E-state index < -0.39 is 41.5 Å². The first-order valence-electron chi connectivity index (χ1n) is 9.63. The van der Waals surface area contributed by atoms with Crippen molar-refractivity contribution < 1.29 is 27.5 Å². The van der Waals surface area contributed by atoms with Crippen LogP contribution in [-0.2, 0) is 11.8 Å². The molecule has 0 bridgehead atoms. The number of pyridine rings is 3. The molecule has 11 heteroatoms. The number of aryl methyl sites for hydroxylation is 2. The number of carbonyl (C=O) groups excluding carboxylic acids is 1. The van der Waals surface area contributed by atoms with Gasteiger partial charge in [0.15, 0.2) is 6.10 Å². The molecule has 7 nitrogen and oxygen atoms in total. The highest BCUT2D eigenvalue weighted by Crippen LogP contribution is 2.35. The lowest BCUT2D eigenvalue weighted by Gasteiger charge is -2.16. The zero-order valence-electron chi connectivity index (χ0n) is 16.9. The summed E-state index contributed by atoms with van der Waals surface area (Å²) in [5.74, 6) is -0.991. The smallest absolute Gasteiger partial charge is 0.378 e. The predicted molar refractivity (Wildman–Crippen MR) is 108 cm³/mol. The van der Waals surface area contributed by atoms with Crippen LogP contribution in [0.3, 0.4) is 0 Å². The number of anilines is 1. The summed E-state index contributed by atoms with van der Waals surface area (Å²) in [5, 5.41) is 12.5. The standard InChI is InChI=1S/C21H18F4N4O3/c1-9-3-15(18(30)21(23,24)25)26-8-13(9)11-4-10-7-27-17(6-16(10)29(2)20(11)32)28-19(31)12-5-14(12)22/h3-4,6-8,12,14,18,30H,5H2,1-2H3,(H,27,28,31)/t12-,14+,18-/m0/s1. The number of hydrogen-bond donors (Lipinski definition) is 2. The number of nitrogens with zero attached hydrogens (tertiary/aromatic N) is 3. The summed E-state index contributed by atoms with van der Waals surface area (Å²) in [7, 11) is 1.50. The van der Waals surface area contributed by atoms with Crippen molar-refractivity contribution in [3.63, 3.8) is 0 Å². The van der Waals surface area contributed by atoms with Gasteiger partial charge < -0.3 is 15.0 Å². The highest BCUT2D eigenvalue weighted by molar-refractivity contribution is 5.95. The molecule has 0 unspecified atom stereocenters. The number of alkyl halides is 4. The highest BCUT2D eigenvalue weighted by Gasteiger charge is 2.43. The largest absolute Gasteiger partial charge is 0.420 e. The number of aliphatic hydroxyl groups is 1. The Morgan fingerprint density at radius 3 is 2.50 bits per heavy atom. The summed E-state index contributed by atoms with van der Waals surface area (Å²) < 4.78 is 52.7. The third-order valence-electron chi connectivity index (χ3n) is 5.42. The van der Waals surface area contributed by atoms with Crippen molar-refractivity contribution in [2.24, 2.45) is 13.0 Å². The van der Waals surface area contributed by atoms with Gasteiger partial charge in [-0.25, -0.2) is 9.37 Å². The van der Waals surface area contributed by atoms with Crippen molar-refractivity contribution in [3.05, 3.63) is 52.2 Å². The third kappa shape index (κ3) is 3.95. The Balaban J connectivity index is 1.71. The third-order valence-corrected chi connectivity index (χ3v) is 5.42. The molecule has 3 heterocycles. The van der Waals surface area contributed by atoms with Crippen molar-refractivity contribution in [2.45, 2.75) is 31.8 Å². The number of aliphatic hydroxyl groups excluding tert-OH is 1. The predicted octanol–water partition coefficient (Wildman–Crippen LogP) is 3.20. The average molecular weight is 450 g/mol. The molecule has 1 amide bonds. The number of nitrogens with one attached hydrogen (secondary N) is 1. The normalized spacial score (nSPS) is 19.1. The number of hydrogen-bond acceptors (Lipinski definition) is 5. The van der Waals surface area contributed by atoms with Gasteiger partial charge in [-0.15, -0.1) is 0 Å². The second kappa shape index (κ2) is 7.66. The minimum atomic E-state index is -4.86. The van der Waals surface area contributed by atoms with Gasteiger partial charge in [-0.1, -0.05) is 0 Å². The minimum absolute atomic E-state index is 0.174. The first kappa shape index (κ1) is 21.9. The van der Waals surface area contributed by atoms with Crippen LogP contribution in [0.1, 0.15) is 23.8 Å². The fourth-order valence-electron chi connectivity index (χ4n) is 3.46. The quantitative estimate of drug-likeness (QED) is 0.595. The molecule has 2 N–H and O–H groups in total. The van der Waals surface area contributed by atoms with Crippen LogP contribution in [0.25, 0.3) is 22.0 Å². The molecule has 1 fully saturated rings. The van der Waals surface area contributed by atoms with Gasteiger partial charge in [0.2, 0.25) is 5.91 Å². The van der Waals surface area contributed by atoms with E-state index in [2.05, 4.69) is 15.3 Å². The topological polar surface area (TPSA) is 97.1 Å². The monoisotopic (exact) mass is 450 g/mol. The van der Waals surface area contributed by atoms with Gasteiger partial charge in [-0.2, -0.15) is 13.2 Å². The molecule has 168 valence electrons. The van der Waals surface area contributed by atoms with E-state index in [0.29, 0.717) is 22.0 Å². The van der Waals surface area contributed by atoms with E-state index in [1.54, 1.807) is 0 Å². The van der Waals surface area contributed by atoms with Crippen molar-refractivity contribution in [3.8, 4) is 11.1 Å². The second-order valence-electron chi connectivity index (χ2n) is 7.77. The zero-order chi connectivity index (χ0) is 23.4. The lowest BCUT2D eigenvalue weighted by atomic mass is 10.0. The van der Waals surface area contributed by atoms with E-state index in [9.17, 15) is 32.3 Å². The number of halogens is 4. The van der Waals surface area contributed by atoms with Crippen molar-refractivity contribution in [1.82, 2.24) is 14.5 Å². The number of fused-ring (bicyclic) bond motifs is 1. The summed E-state index contributed by atoms with van der Waals surface area (Å²) >= 11 is 0. The SMILES string of the molecule is Cc1cc([C@H](O)C(F)(F)F)ncc1-c1cc2cnc(NC(=O)[C@H]3C[C@H]3F)cc2n(C)c1=O. The van der Waals surface area contributed by atoms with Crippen LogP contribution in [0.15, 0.2) is 35.4 Å². The van der Waals surface area contributed by atoms with Crippen LogP contribution in [0.5, 0.6) is 0 Å². The van der Waals surface area contributed by atoms with E-state index in [1.165, 1.54) is 36.9 Å². The first-order valence-corrected chi connectivity index (χ1v) is 9.63. The van der Waals surface area contributed by atoms with Crippen molar-refractivity contribution >= 4 is 22.6 Å². The Morgan fingerprint density at radius 2 is 1.91 bits per heavy atom. The van der Waals surface area contributed by atoms with Gasteiger partial charge in [0.1, 0.15) is 12.0 Å². The van der Waals surface area contributed by atoms with E-state index >= 15 is 0 Å². The Kier molecular flexibility index (Phi) is 5.24. The molecule has 3 aromatic rings. The van der Waals surface area contributed by atoms with Gasteiger partial charge in [-0.05, 0) is 31.0 Å². The zero-order valence-corrected chi connectivity index (χ0v) is 16.9. The molecule has 4 rings (SSSR count). The minimum Gasteiger partial charge on any atom is -0.378 e. The van der Waals surface area contributed by atoms with Gasteiger partial charge in [-0.3, -0.25) is 14.6 Å². The molecular weight excluding hydrogens is 432 g/mol. The molecule has 0 radical (unpaired) electrons. The number of rotatable bonds is 4. The van der Waals surface area contributed by atoms with Gasteiger partial charge in [0, 0.05) is 42.0 Å². The lowest BCUT2D eigenvalue weighted by molar-refractivity contribution is -0.207. The van der Waals surface area contributed by atoms with E-state index in [4.69, 9.17) is 0 Å². The Hall–Kier alpha value is -3.34. The first-order chi connectivity index (χ1) is 15.0. The summed E-state index contributed by atoms with van der Waals surface area (Å²) in [6.45, 7) is 1.51. The van der Waals surface area contributed by atoms with E-state index in [1.807, 2.05) is 0 Å². The molecule has 1 aliphatic rings. The maximum Gasteiger partial charge on any atom is 0.420 e. The molecule has 0 aliphatic heterocycles. The molecule has 0 aromatic carbocycles. The molecule has 3 atom stereocenters. The van der Waals surface area contributed by atoms with Crippen LogP contribution in [0.2, 0.25) is 0 Å². The molecule has 1 saturated carbocycles. The van der Waals surface area contributed by atoms with Gasteiger partial charge >= 0.3 is 6.18 Å². The van der Waals surface area contributed by atoms with Crippen LogP contribution < -0.4 is 10.9 Å². The van der Waals surface area contributed by atoms with E-state index in [0.717, 1.165) is 12.3 Å². The Morgan fingerprint density at radius 1 is 1.22 bits per heavy atom. The molecular formula is C21H18F4N4O3. The molecule has 3 aromatic heterocycles. The molecule has 32 heavy (non-hydrogen) atoms. The maximum atomic E-state index is 13.1. The second-order valence-corrected chi connectivity index (χ2v) is 7.77. The summed E-state index contributed by atoms with van der Waals surface area (Å²) in [5.41, 5.74) is 0.273. The number of amides is 1. The Labute approximate surface area is 178 Å². The average Bonchev–Trinajstić information content (AvgIpc) is 3.47. The van der Waals surface area contributed by atoms with Crippen LogP contribution >= 0.6 is 0 Å². The van der Waals surface area contributed by atoms with E-state index in [-0.39, 0.29) is 17.8 Å². The maximum absolute atomic E-state index is 13.1. The summed E-state index contributed by atoms with van der Waals surface area (Å²) in [6, 6.07) is 4.10. The van der Waals surface area contributed by atoms with Crippen LogP contribution in [0, 0.1) is 12.8 Å². The lowest BCUT2D eigenvalue weighted by Crippen LogP contribution is -2.22. The summed E-state index contributed by atoms with van der Waals surface area (Å²) in [4.78, 5) is 32.7. The molecule has 0 spiro atoms. The van der Waals surface area contributed by atoms with Crippen molar-refractivity contribution in [2.75, 3.05) is 5.32 Å². The van der Waals surface area contributed by atoms with Crippen molar-refractivity contribution in [1.29, 1.82) is 0 Å². The van der Waals surface area contributed by atoms with Gasteiger partial charge in [0.25, 0.3) is 5.56 Å². The molecule has 1 aliphatic carbocycles. The summed E-state index contributed by atoms with van der Waals surface area (Å²) in [6.07, 6.45) is -6.01. The van der Waals surface area contributed by atoms with Crippen LogP contribution in [-0.4, -0.2) is 37.9 Å². The number of aromatic nitrogens is 3. The number of carbonyl (C=O) groups is 1. The Bertz CT molecular complexity index is 1290. The van der Waals surface area contributed by atoms with Crippen LogP contribution in [0.4, 0.5) is 23.4 Å². The highest BCUT2D eigenvalue weighted by atomic mass is 19.4. The molecule has 0 saturated heterocycles. The van der Waals surface area contributed by atoms with Gasteiger partial charge in [0.05, 0.1) is 17.1 Å². The fraction of sp³-hybridized carbons (Fsp3) is 0.333.